The number of halogens is 2. The van der Waals surface area contributed by atoms with E-state index in [1.54, 1.807) is 11.3 Å². The van der Waals surface area contributed by atoms with Gasteiger partial charge in [-0.1, -0.05) is 41.5 Å². The fraction of sp³-hybridized carbons (Fsp3) is 0.455. The molecule has 0 aliphatic carbocycles. The zero-order valence-electron chi connectivity index (χ0n) is 9.87. The third-order valence-electron chi connectivity index (χ3n) is 2.30. The summed E-state index contributed by atoms with van der Waals surface area (Å²) in [6.07, 6.45) is 2.04. The fourth-order valence-corrected chi connectivity index (χ4v) is 3.89. The Labute approximate surface area is 124 Å². The van der Waals surface area contributed by atoms with Crippen LogP contribution in [0.3, 0.4) is 0 Å². The molecule has 0 aliphatic rings. The van der Waals surface area contributed by atoms with Gasteiger partial charge in [0.15, 0.2) is 0 Å². The molecular weight excluding hydrogens is 309 g/mol. The van der Waals surface area contributed by atoms with Crippen LogP contribution in [-0.2, 0) is 6.42 Å². The molecule has 0 radical (unpaired) electrons. The van der Waals surface area contributed by atoms with Crippen LogP contribution in [0, 0.1) is 0 Å². The molecule has 0 spiro atoms. The van der Waals surface area contributed by atoms with Gasteiger partial charge in [-0.25, -0.2) is 0 Å². The van der Waals surface area contributed by atoms with E-state index in [1.807, 2.05) is 6.07 Å². The molecule has 0 aliphatic heterocycles. The van der Waals surface area contributed by atoms with Gasteiger partial charge >= 0.3 is 0 Å². The molecule has 3 nitrogen and oxygen atoms in total. The Morgan fingerprint density at radius 1 is 1.22 bits per heavy atom. The standard InChI is InChI=1S/C11H13Cl2N3S2/c1-2-4-14-5-3-9-15-16-11(18-9)7-6-8(12)17-10(7)13/h6,14H,2-5H2,1H3. The summed E-state index contributed by atoms with van der Waals surface area (Å²) in [6, 6.07) is 1.84. The van der Waals surface area contributed by atoms with Gasteiger partial charge in [-0.2, -0.15) is 0 Å². The van der Waals surface area contributed by atoms with Gasteiger partial charge < -0.3 is 5.32 Å². The van der Waals surface area contributed by atoms with E-state index < -0.39 is 0 Å². The largest absolute Gasteiger partial charge is 0.316 e. The SMILES string of the molecule is CCCNCCc1nnc(-c2cc(Cl)sc2Cl)s1. The summed E-state index contributed by atoms with van der Waals surface area (Å²) < 4.78 is 1.35. The summed E-state index contributed by atoms with van der Waals surface area (Å²) in [6.45, 7) is 4.12. The lowest BCUT2D eigenvalue weighted by Crippen LogP contribution is -2.17. The summed E-state index contributed by atoms with van der Waals surface area (Å²) in [7, 11) is 0. The Balaban J connectivity index is 1.99. The van der Waals surface area contributed by atoms with Gasteiger partial charge in [-0.3, -0.25) is 0 Å². The van der Waals surface area contributed by atoms with Gasteiger partial charge in [0, 0.05) is 18.5 Å². The summed E-state index contributed by atoms with van der Waals surface area (Å²) in [5.74, 6) is 0. The summed E-state index contributed by atoms with van der Waals surface area (Å²) in [4.78, 5) is 0. The van der Waals surface area contributed by atoms with Crippen LogP contribution in [-0.4, -0.2) is 23.3 Å². The second kappa shape index (κ2) is 6.82. The molecule has 2 aromatic rings. The lowest BCUT2D eigenvalue weighted by molar-refractivity contribution is 0.668. The maximum atomic E-state index is 6.10. The van der Waals surface area contributed by atoms with Crippen molar-refractivity contribution in [2.75, 3.05) is 13.1 Å². The number of hydrogen-bond donors (Lipinski definition) is 1. The molecule has 98 valence electrons. The van der Waals surface area contributed by atoms with Crippen molar-refractivity contribution in [2.45, 2.75) is 19.8 Å². The van der Waals surface area contributed by atoms with Crippen LogP contribution in [0.25, 0.3) is 10.6 Å². The number of hydrogen-bond acceptors (Lipinski definition) is 5. The molecule has 18 heavy (non-hydrogen) atoms. The molecular formula is C11H13Cl2N3S2. The van der Waals surface area contributed by atoms with E-state index in [9.17, 15) is 0 Å². The Hall–Kier alpha value is -0.200. The van der Waals surface area contributed by atoms with Crippen LogP contribution < -0.4 is 5.32 Å². The quantitative estimate of drug-likeness (QED) is 0.813. The average Bonchev–Trinajstić information content (AvgIpc) is 2.91. The van der Waals surface area contributed by atoms with Gasteiger partial charge in [0.1, 0.15) is 14.4 Å². The zero-order chi connectivity index (χ0) is 13.0. The number of nitrogens with one attached hydrogen (secondary N) is 1. The van der Waals surface area contributed by atoms with Crippen LogP contribution in [0.1, 0.15) is 18.4 Å². The molecule has 0 fully saturated rings. The van der Waals surface area contributed by atoms with E-state index in [2.05, 4.69) is 22.4 Å². The molecule has 2 rings (SSSR count). The minimum Gasteiger partial charge on any atom is -0.316 e. The summed E-state index contributed by atoms with van der Waals surface area (Å²) in [5, 5.41) is 13.5. The third kappa shape index (κ3) is 3.65. The van der Waals surface area contributed by atoms with Crippen molar-refractivity contribution in [1.82, 2.24) is 15.5 Å². The van der Waals surface area contributed by atoms with Crippen molar-refractivity contribution in [3.63, 3.8) is 0 Å². The average molecular weight is 322 g/mol. The zero-order valence-corrected chi connectivity index (χ0v) is 13.0. The van der Waals surface area contributed by atoms with E-state index >= 15 is 0 Å². The van der Waals surface area contributed by atoms with E-state index in [1.165, 1.54) is 11.3 Å². The van der Waals surface area contributed by atoms with E-state index in [0.717, 1.165) is 41.5 Å². The Kier molecular flexibility index (Phi) is 5.38. The molecule has 0 amide bonds. The first-order chi connectivity index (χ1) is 8.70. The predicted octanol–water partition coefficient (Wildman–Crippen LogP) is 4.12. The number of nitrogens with zero attached hydrogens (tertiary/aromatic N) is 2. The van der Waals surface area contributed by atoms with Gasteiger partial charge in [0.2, 0.25) is 0 Å². The molecule has 7 heteroatoms. The molecule has 1 N–H and O–H groups in total. The van der Waals surface area contributed by atoms with Crippen molar-refractivity contribution in [3.8, 4) is 10.6 Å². The Morgan fingerprint density at radius 3 is 2.72 bits per heavy atom. The van der Waals surface area contributed by atoms with Crippen molar-refractivity contribution >= 4 is 45.9 Å². The fourth-order valence-electron chi connectivity index (χ4n) is 1.45. The van der Waals surface area contributed by atoms with Gasteiger partial charge in [-0.05, 0) is 19.0 Å². The van der Waals surface area contributed by atoms with Crippen molar-refractivity contribution < 1.29 is 0 Å². The monoisotopic (exact) mass is 321 g/mol. The molecule has 0 bridgehead atoms. The molecule has 2 aromatic heterocycles. The highest BCUT2D eigenvalue weighted by Crippen LogP contribution is 2.39. The molecule has 0 saturated heterocycles. The minimum absolute atomic E-state index is 0.673. The number of rotatable bonds is 6. The molecule has 0 saturated carbocycles. The first-order valence-corrected chi connectivity index (χ1v) is 8.08. The second-order valence-corrected chi connectivity index (χ2v) is 7.09. The van der Waals surface area contributed by atoms with E-state index in [-0.39, 0.29) is 0 Å². The van der Waals surface area contributed by atoms with E-state index in [0.29, 0.717) is 8.67 Å². The molecule has 2 heterocycles. The highest BCUT2D eigenvalue weighted by atomic mass is 35.5. The normalized spacial score (nSPS) is 11.1. The summed E-state index contributed by atoms with van der Waals surface area (Å²) >= 11 is 14.9. The highest BCUT2D eigenvalue weighted by molar-refractivity contribution is 7.21. The van der Waals surface area contributed by atoms with Crippen LogP contribution >= 0.6 is 45.9 Å². The predicted molar refractivity (Wildman–Crippen MR) is 80.1 cm³/mol. The molecule has 0 aromatic carbocycles. The van der Waals surface area contributed by atoms with Gasteiger partial charge in [0.05, 0.1) is 4.34 Å². The topological polar surface area (TPSA) is 37.8 Å². The lowest BCUT2D eigenvalue weighted by Gasteiger charge is -1.98. The number of thiophene rings is 1. The van der Waals surface area contributed by atoms with Gasteiger partial charge in [0.25, 0.3) is 0 Å². The van der Waals surface area contributed by atoms with Crippen LogP contribution in [0.5, 0.6) is 0 Å². The maximum Gasteiger partial charge on any atom is 0.150 e. The van der Waals surface area contributed by atoms with Gasteiger partial charge in [-0.15, -0.1) is 21.5 Å². The second-order valence-electron chi connectivity index (χ2n) is 3.74. The minimum atomic E-state index is 0.673. The van der Waals surface area contributed by atoms with Crippen LogP contribution in [0.4, 0.5) is 0 Å². The van der Waals surface area contributed by atoms with Crippen LogP contribution in [0.2, 0.25) is 8.67 Å². The maximum absolute atomic E-state index is 6.10. The highest BCUT2D eigenvalue weighted by Gasteiger charge is 2.13. The first-order valence-electron chi connectivity index (χ1n) is 5.69. The van der Waals surface area contributed by atoms with Crippen molar-refractivity contribution in [1.29, 1.82) is 0 Å². The van der Waals surface area contributed by atoms with Crippen LogP contribution in [0.15, 0.2) is 6.07 Å². The first kappa shape index (κ1) is 14.2. The molecule has 0 atom stereocenters. The summed E-state index contributed by atoms with van der Waals surface area (Å²) in [5.41, 5.74) is 0.886. The smallest absolute Gasteiger partial charge is 0.150 e. The van der Waals surface area contributed by atoms with E-state index in [4.69, 9.17) is 23.2 Å². The van der Waals surface area contributed by atoms with Crippen molar-refractivity contribution in [3.05, 3.63) is 19.7 Å². The Morgan fingerprint density at radius 2 is 2.06 bits per heavy atom. The third-order valence-corrected chi connectivity index (χ3v) is 4.80. The number of aromatic nitrogens is 2. The Bertz CT molecular complexity index is 510. The lowest BCUT2D eigenvalue weighted by atomic mass is 10.4. The van der Waals surface area contributed by atoms with Crippen molar-refractivity contribution in [2.24, 2.45) is 0 Å². The molecule has 0 unspecified atom stereocenters.